The van der Waals surface area contributed by atoms with Gasteiger partial charge in [0.1, 0.15) is 11.7 Å². The van der Waals surface area contributed by atoms with E-state index in [9.17, 15) is 14.4 Å². The molecule has 0 aliphatic carbocycles. The van der Waals surface area contributed by atoms with E-state index in [1.807, 2.05) is 0 Å². The summed E-state index contributed by atoms with van der Waals surface area (Å²) in [5.74, 6) is -1.91. The van der Waals surface area contributed by atoms with Crippen LogP contribution in [0.3, 0.4) is 0 Å². The van der Waals surface area contributed by atoms with Gasteiger partial charge in [-0.2, -0.15) is 0 Å². The van der Waals surface area contributed by atoms with Gasteiger partial charge in [-0.05, 0) is 0 Å². The molecule has 1 aromatic carbocycles. The van der Waals surface area contributed by atoms with Crippen LogP contribution in [0.4, 0.5) is 5.69 Å². The highest BCUT2D eigenvalue weighted by Crippen LogP contribution is 2.13. The number of hydrogen-bond acceptors (Lipinski definition) is 6. The number of hydrogen-bond donors (Lipinski definition) is 4. The molecule has 14 heavy (non-hydrogen) atoms. The number of rotatable bonds is 4. The molecule has 0 spiro atoms. The van der Waals surface area contributed by atoms with Gasteiger partial charge in [0.2, 0.25) is 0 Å². The van der Waals surface area contributed by atoms with E-state index in [2.05, 4.69) is 5.32 Å². The maximum atomic E-state index is 10.7. The van der Waals surface area contributed by atoms with Crippen LogP contribution >= 0.6 is 0 Å². The Hall–Kier alpha value is -1.89. The first-order chi connectivity index (χ1) is 6.45. The van der Waals surface area contributed by atoms with Crippen LogP contribution in [-0.4, -0.2) is 28.8 Å². The predicted molar refractivity (Wildman–Crippen MR) is 47.1 cm³/mol. The van der Waals surface area contributed by atoms with Crippen LogP contribution in [0.5, 0.6) is 5.75 Å². The van der Waals surface area contributed by atoms with Gasteiger partial charge in [-0.1, -0.05) is 0 Å². The van der Waals surface area contributed by atoms with Gasteiger partial charge in [0.15, 0.2) is 5.75 Å². The first-order valence-corrected chi connectivity index (χ1v) is 3.69. The lowest BCUT2D eigenvalue weighted by atomic mass is 10.2. The molecule has 0 unspecified atom stereocenters. The molecular formula is C7H8N2O5. The second-order valence-electron chi connectivity index (χ2n) is 2.71. The smallest absolute Gasteiger partial charge is 0.322 e. The van der Waals surface area contributed by atoms with E-state index < -0.39 is 28.6 Å². The van der Waals surface area contributed by atoms with E-state index >= 15 is 0 Å². The van der Waals surface area contributed by atoms with Gasteiger partial charge in [-0.3, -0.25) is 14.4 Å². The van der Waals surface area contributed by atoms with E-state index in [1.165, 1.54) is 0 Å². The van der Waals surface area contributed by atoms with Gasteiger partial charge in [0, 0.05) is 6.54 Å². The largest absolute Gasteiger partial charge is 0.502 e. The molecule has 0 fully saturated rings. The monoisotopic (exact) mass is 200 g/mol. The SMILES string of the molecule is N[C@H](CNc1c(O)c(=O)c1=O)C(=O)O. The molecule has 1 aromatic rings. The number of anilines is 1. The Morgan fingerprint density at radius 1 is 1.43 bits per heavy atom. The van der Waals surface area contributed by atoms with Crippen molar-refractivity contribution in [1.29, 1.82) is 0 Å². The van der Waals surface area contributed by atoms with Gasteiger partial charge in [-0.15, -0.1) is 0 Å². The quantitative estimate of drug-likeness (QED) is 0.406. The fraction of sp³-hybridized carbons (Fsp3) is 0.286. The highest BCUT2D eigenvalue weighted by Gasteiger charge is 2.21. The number of carbonyl (C=O) groups is 1. The van der Waals surface area contributed by atoms with Gasteiger partial charge in [0.05, 0.1) is 0 Å². The van der Waals surface area contributed by atoms with Crippen LogP contribution in [0.25, 0.3) is 0 Å². The molecule has 7 heteroatoms. The molecule has 1 rings (SSSR count). The second-order valence-corrected chi connectivity index (χ2v) is 2.71. The summed E-state index contributed by atoms with van der Waals surface area (Å²) in [4.78, 5) is 31.5. The molecule has 1 atom stereocenters. The molecule has 0 aliphatic rings. The molecule has 0 heterocycles. The maximum Gasteiger partial charge on any atom is 0.322 e. The minimum absolute atomic E-state index is 0.228. The fourth-order valence-electron chi connectivity index (χ4n) is 0.843. The Morgan fingerprint density at radius 2 is 2.00 bits per heavy atom. The second kappa shape index (κ2) is 3.46. The van der Waals surface area contributed by atoms with E-state index in [0.717, 1.165) is 0 Å². The van der Waals surface area contributed by atoms with Crippen molar-refractivity contribution in [1.82, 2.24) is 0 Å². The molecule has 0 bridgehead atoms. The Morgan fingerprint density at radius 3 is 2.43 bits per heavy atom. The van der Waals surface area contributed by atoms with Crippen LogP contribution in [0, 0.1) is 0 Å². The zero-order valence-corrected chi connectivity index (χ0v) is 6.98. The van der Waals surface area contributed by atoms with Crippen molar-refractivity contribution in [3.8, 4) is 5.75 Å². The summed E-state index contributed by atoms with van der Waals surface area (Å²) in [7, 11) is 0. The van der Waals surface area contributed by atoms with Crippen LogP contribution in [0.15, 0.2) is 9.59 Å². The zero-order valence-electron chi connectivity index (χ0n) is 6.98. The van der Waals surface area contributed by atoms with Crippen molar-refractivity contribution in [3.63, 3.8) is 0 Å². The highest BCUT2D eigenvalue weighted by molar-refractivity contribution is 5.74. The zero-order chi connectivity index (χ0) is 10.9. The molecule has 5 N–H and O–H groups in total. The first kappa shape index (κ1) is 10.2. The average molecular weight is 200 g/mol. The molecule has 0 saturated carbocycles. The maximum absolute atomic E-state index is 10.7. The summed E-state index contributed by atoms with van der Waals surface area (Å²) in [5.41, 5.74) is 3.00. The van der Waals surface area contributed by atoms with Crippen LogP contribution in [0.2, 0.25) is 0 Å². The lowest BCUT2D eigenvalue weighted by molar-refractivity contribution is -0.138. The number of carboxylic acid groups (broad SMARTS) is 1. The number of aromatic hydroxyl groups is 1. The standard InChI is InChI=1S/C7H8N2O5/c8-2(7(13)14)1-9-3-4(10)6(12)5(3)11/h2,9-10H,1,8H2,(H,13,14)/t2-/m1/s1. The minimum atomic E-state index is -1.24. The summed E-state index contributed by atoms with van der Waals surface area (Å²) in [6.07, 6.45) is 0. The molecule has 0 aliphatic heterocycles. The van der Waals surface area contributed by atoms with Crippen molar-refractivity contribution in [2.24, 2.45) is 5.73 Å². The summed E-state index contributed by atoms with van der Waals surface area (Å²) in [5, 5.41) is 19.5. The number of carboxylic acids is 1. The number of aliphatic carboxylic acids is 1. The van der Waals surface area contributed by atoms with Crippen molar-refractivity contribution in [2.75, 3.05) is 11.9 Å². The van der Waals surface area contributed by atoms with Crippen molar-refractivity contribution < 1.29 is 15.0 Å². The van der Waals surface area contributed by atoms with E-state index in [1.54, 1.807) is 0 Å². The summed E-state index contributed by atoms with van der Waals surface area (Å²) in [6.45, 7) is -0.228. The minimum Gasteiger partial charge on any atom is -0.502 e. The third kappa shape index (κ3) is 1.57. The molecule has 7 nitrogen and oxygen atoms in total. The lowest BCUT2D eigenvalue weighted by Crippen LogP contribution is -2.40. The fourth-order valence-corrected chi connectivity index (χ4v) is 0.843. The topological polar surface area (TPSA) is 130 Å². The van der Waals surface area contributed by atoms with Gasteiger partial charge in [-0.25, -0.2) is 0 Å². The van der Waals surface area contributed by atoms with E-state index in [0.29, 0.717) is 0 Å². The molecule has 76 valence electrons. The highest BCUT2D eigenvalue weighted by atomic mass is 16.4. The molecule has 0 radical (unpaired) electrons. The Kier molecular flexibility index (Phi) is 2.52. The first-order valence-electron chi connectivity index (χ1n) is 3.69. The molecule has 0 saturated heterocycles. The predicted octanol–water partition coefficient (Wildman–Crippen LogP) is -2.19. The van der Waals surface area contributed by atoms with Crippen LogP contribution in [0.1, 0.15) is 0 Å². The van der Waals surface area contributed by atoms with Crippen molar-refractivity contribution >= 4 is 11.7 Å². The molecule has 0 amide bonds. The third-order valence-electron chi connectivity index (χ3n) is 1.70. The van der Waals surface area contributed by atoms with E-state index in [-0.39, 0.29) is 12.2 Å². The van der Waals surface area contributed by atoms with Crippen LogP contribution in [-0.2, 0) is 4.79 Å². The Labute approximate surface area is 77.5 Å². The summed E-state index contributed by atoms with van der Waals surface area (Å²) < 4.78 is 0. The third-order valence-corrected chi connectivity index (χ3v) is 1.70. The Bertz CT molecular complexity index is 431. The van der Waals surface area contributed by atoms with Gasteiger partial charge < -0.3 is 21.3 Å². The van der Waals surface area contributed by atoms with Gasteiger partial charge >= 0.3 is 5.97 Å². The molecule has 0 aromatic heterocycles. The number of nitrogens with one attached hydrogen (secondary N) is 1. The lowest BCUT2D eigenvalue weighted by Gasteiger charge is -2.10. The van der Waals surface area contributed by atoms with E-state index in [4.69, 9.17) is 15.9 Å². The summed E-state index contributed by atoms with van der Waals surface area (Å²) in [6, 6.07) is -1.20. The summed E-state index contributed by atoms with van der Waals surface area (Å²) >= 11 is 0. The molecular weight excluding hydrogens is 192 g/mol. The Balaban J connectivity index is 2.61. The normalized spacial score (nSPS) is 12.6. The van der Waals surface area contributed by atoms with Crippen molar-refractivity contribution in [3.05, 3.63) is 20.4 Å². The average Bonchev–Trinajstić information content (AvgIpc) is 2.16. The van der Waals surface area contributed by atoms with Gasteiger partial charge in [0.25, 0.3) is 10.9 Å². The van der Waals surface area contributed by atoms with Crippen LogP contribution < -0.4 is 21.9 Å². The van der Waals surface area contributed by atoms with Crippen molar-refractivity contribution in [2.45, 2.75) is 6.04 Å². The number of nitrogens with two attached hydrogens (primary N) is 1.